The van der Waals surface area contributed by atoms with Crippen LogP contribution in [0.3, 0.4) is 0 Å². The molecule has 0 N–H and O–H groups in total. The average Bonchev–Trinajstić information content (AvgIpc) is 2.98. The van der Waals surface area contributed by atoms with Gasteiger partial charge in [0, 0.05) is 25.1 Å². The van der Waals surface area contributed by atoms with Crippen LogP contribution in [0.1, 0.15) is 30.5 Å². The van der Waals surface area contributed by atoms with E-state index >= 15 is 0 Å². The average molecular weight is 475 g/mol. The van der Waals surface area contributed by atoms with E-state index in [0.29, 0.717) is 36.6 Å². The molecule has 2 aliphatic heterocycles. The topological polar surface area (TPSA) is 86.9 Å². The molecule has 6 nitrogen and oxygen atoms in total. The molecule has 0 radical (unpaired) electrons. The van der Waals surface area contributed by atoms with Crippen molar-refractivity contribution in [1.82, 2.24) is 9.97 Å². The highest BCUT2D eigenvalue weighted by molar-refractivity contribution is 7.90. The normalized spacial score (nSPS) is 17.9. The van der Waals surface area contributed by atoms with E-state index in [-0.39, 0.29) is 46.2 Å². The highest BCUT2D eigenvalue weighted by Gasteiger charge is 2.33. The maximum absolute atomic E-state index is 14.4. The molecule has 0 spiro atoms. The molecule has 3 heterocycles. The number of hydrogen-bond donors (Lipinski definition) is 0. The minimum Gasteiger partial charge on any atom is -0.356 e. The van der Waals surface area contributed by atoms with Crippen LogP contribution in [0.4, 0.5) is 14.6 Å². The van der Waals surface area contributed by atoms with Gasteiger partial charge in [0.1, 0.15) is 17.5 Å². The Kier molecular flexibility index (Phi) is 6.51. The summed E-state index contributed by atoms with van der Waals surface area (Å²) in [5.41, 5.74) is 0.667. The molecule has 0 atom stereocenters. The molecule has 2 aromatic rings. The van der Waals surface area contributed by atoms with E-state index in [2.05, 4.69) is 16.0 Å². The highest BCUT2D eigenvalue weighted by atomic mass is 35.5. The first-order valence-corrected chi connectivity index (χ1v) is 11.3. The van der Waals surface area contributed by atoms with Crippen molar-refractivity contribution in [3.8, 4) is 17.5 Å². The van der Waals surface area contributed by atoms with Crippen LogP contribution in [-0.4, -0.2) is 31.5 Å². The first-order valence-electron chi connectivity index (χ1n) is 9.14. The van der Waals surface area contributed by atoms with E-state index < -0.39 is 21.5 Å². The predicted octanol–water partition coefficient (Wildman–Crippen LogP) is 4.06. The van der Waals surface area contributed by atoms with Gasteiger partial charge >= 0.3 is 0 Å². The second-order valence-corrected chi connectivity index (χ2v) is 9.84. The van der Waals surface area contributed by atoms with Crippen LogP contribution < -0.4 is 4.90 Å². The van der Waals surface area contributed by atoms with Gasteiger partial charge in [0.2, 0.25) is 0 Å². The number of fused-ring (bicyclic) bond motifs is 1. The number of benzene rings is 1. The molecule has 160 valence electrons. The zero-order valence-corrected chi connectivity index (χ0v) is 18.1. The largest absolute Gasteiger partial charge is 0.356 e. The number of anilines is 1. The third-order valence-corrected chi connectivity index (χ3v) is 7.07. The van der Waals surface area contributed by atoms with Gasteiger partial charge in [-0.15, -0.1) is 12.4 Å². The van der Waals surface area contributed by atoms with Crippen LogP contribution in [-0.2, 0) is 21.3 Å². The smallest absolute Gasteiger partial charge is 0.164 e. The van der Waals surface area contributed by atoms with Gasteiger partial charge in [-0.3, -0.25) is 0 Å². The molecule has 4 rings (SSSR count). The maximum atomic E-state index is 14.4. The van der Waals surface area contributed by atoms with Gasteiger partial charge in [-0.1, -0.05) is 11.6 Å². The SMILES string of the molecule is Cl.N#CCC1CCN(c2nc(-c3cc(F)c(Cl)cc3F)nc3c2CS(=O)(=O)C3)CC1. The fourth-order valence-corrected chi connectivity index (χ4v) is 5.46. The number of nitrogens with zero attached hydrogens (tertiary/aromatic N) is 4. The van der Waals surface area contributed by atoms with E-state index in [0.717, 1.165) is 25.0 Å². The fourth-order valence-electron chi connectivity index (χ4n) is 3.82. The van der Waals surface area contributed by atoms with E-state index in [1.54, 1.807) is 0 Å². The summed E-state index contributed by atoms with van der Waals surface area (Å²) in [4.78, 5) is 10.6. The Balaban J connectivity index is 0.00000256. The molecule has 0 bridgehead atoms. The Hall–Kier alpha value is -2.02. The molecule has 0 saturated carbocycles. The lowest BCUT2D eigenvalue weighted by Gasteiger charge is -2.33. The summed E-state index contributed by atoms with van der Waals surface area (Å²) in [6.45, 7) is 1.21. The number of halogens is 4. The molecule has 1 fully saturated rings. The maximum Gasteiger partial charge on any atom is 0.164 e. The molecular weight excluding hydrogens is 457 g/mol. The molecular formula is C19H18Cl2F2N4O2S. The predicted molar refractivity (Wildman–Crippen MR) is 111 cm³/mol. The van der Waals surface area contributed by atoms with Crippen LogP contribution in [0.2, 0.25) is 5.02 Å². The van der Waals surface area contributed by atoms with Crippen molar-refractivity contribution in [3.05, 3.63) is 40.0 Å². The standard InChI is InChI=1S/C19H17ClF2N4O2S.ClH/c20-14-8-15(21)12(7-16(14)22)18-24-17-10-29(27,28)9-13(17)19(25-18)26-5-2-11(1-4-23)3-6-26;/h7-8,11H,1-3,5-6,9-10H2;1H. The second kappa shape index (κ2) is 8.61. The lowest BCUT2D eigenvalue weighted by atomic mass is 9.94. The van der Waals surface area contributed by atoms with Crippen molar-refractivity contribution < 1.29 is 17.2 Å². The Bertz CT molecular complexity index is 1130. The van der Waals surface area contributed by atoms with Crippen molar-refractivity contribution >= 4 is 39.7 Å². The van der Waals surface area contributed by atoms with E-state index in [1.807, 2.05) is 4.90 Å². The monoisotopic (exact) mass is 474 g/mol. The first kappa shape index (κ1) is 22.7. The number of piperidine rings is 1. The zero-order valence-electron chi connectivity index (χ0n) is 15.7. The summed E-state index contributed by atoms with van der Waals surface area (Å²) in [6, 6.07) is 3.96. The Morgan fingerprint density at radius 1 is 1.17 bits per heavy atom. The van der Waals surface area contributed by atoms with Gasteiger partial charge in [-0.25, -0.2) is 27.2 Å². The van der Waals surface area contributed by atoms with Crippen LogP contribution >= 0.6 is 24.0 Å². The lowest BCUT2D eigenvalue weighted by Crippen LogP contribution is -2.35. The van der Waals surface area contributed by atoms with Gasteiger partial charge in [0.05, 0.1) is 33.9 Å². The first-order chi connectivity index (χ1) is 13.8. The van der Waals surface area contributed by atoms with Crippen molar-refractivity contribution in [2.75, 3.05) is 18.0 Å². The molecule has 1 saturated heterocycles. The van der Waals surface area contributed by atoms with Gasteiger partial charge in [0.15, 0.2) is 15.7 Å². The highest BCUT2D eigenvalue weighted by Crippen LogP contribution is 2.36. The summed E-state index contributed by atoms with van der Waals surface area (Å²) >= 11 is 5.63. The molecule has 0 amide bonds. The number of hydrogen-bond acceptors (Lipinski definition) is 6. The van der Waals surface area contributed by atoms with Crippen molar-refractivity contribution in [2.45, 2.75) is 30.8 Å². The van der Waals surface area contributed by atoms with Crippen molar-refractivity contribution in [3.63, 3.8) is 0 Å². The third-order valence-electron chi connectivity index (χ3n) is 5.34. The molecule has 0 unspecified atom stereocenters. The van der Waals surface area contributed by atoms with Gasteiger partial charge < -0.3 is 4.90 Å². The third kappa shape index (κ3) is 4.36. The minimum absolute atomic E-state index is 0. The van der Waals surface area contributed by atoms with Gasteiger partial charge in [-0.2, -0.15) is 5.26 Å². The number of aromatic nitrogens is 2. The van der Waals surface area contributed by atoms with E-state index in [9.17, 15) is 17.2 Å². The zero-order chi connectivity index (χ0) is 20.8. The van der Waals surface area contributed by atoms with Crippen LogP contribution in [0.25, 0.3) is 11.4 Å². The summed E-state index contributed by atoms with van der Waals surface area (Å²) in [5, 5.41) is 8.54. The van der Waals surface area contributed by atoms with Crippen LogP contribution in [0.15, 0.2) is 12.1 Å². The van der Waals surface area contributed by atoms with Crippen molar-refractivity contribution in [1.29, 1.82) is 5.26 Å². The molecule has 0 aliphatic carbocycles. The quantitative estimate of drug-likeness (QED) is 0.623. The van der Waals surface area contributed by atoms with Gasteiger partial charge in [-0.05, 0) is 30.9 Å². The summed E-state index contributed by atoms with van der Waals surface area (Å²) in [5.74, 6) is -1.35. The van der Waals surface area contributed by atoms with E-state index in [1.165, 1.54) is 0 Å². The number of sulfone groups is 1. The number of rotatable bonds is 3. The molecule has 2 aliphatic rings. The van der Waals surface area contributed by atoms with Crippen LogP contribution in [0, 0.1) is 28.9 Å². The Labute approximate surface area is 184 Å². The molecule has 11 heteroatoms. The van der Waals surface area contributed by atoms with Crippen molar-refractivity contribution in [2.24, 2.45) is 5.92 Å². The summed E-state index contributed by atoms with van der Waals surface area (Å²) in [7, 11) is -3.37. The molecule has 1 aromatic heterocycles. The second-order valence-electron chi connectivity index (χ2n) is 7.37. The lowest BCUT2D eigenvalue weighted by molar-refractivity contribution is 0.411. The fraction of sp³-hybridized carbons (Fsp3) is 0.421. The van der Waals surface area contributed by atoms with Gasteiger partial charge in [0.25, 0.3) is 0 Å². The molecule has 30 heavy (non-hydrogen) atoms. The Morgan fingerprint density at radius 3 is 2.53 bits per heavy atom. The molecule has 1 aromatic carbocycles. The summed E-state index contributed by atoms with van der Waals surface area (Å²) < 4.78 is 52.8. The van der Waals surface area contributed by atoms with Crippen LogP contribution in [0.5, 0.6) is 0 Å². The summed E-state index contributed by atoms with van der Waals surface area (Å²) in [6.07, 6.45) is 2.03. The Morgan fingerprint density at radius 2 is 1.87 bits per heavy atom. The van der Waals surface area contributed by atoms with E-state index in [4.69, 9.17) is 16.9 Å². The minimum atomic E-state index is -3.37. The number of nitriles is 1.